The highest BCUT2D eigenvalue weighted by atomic mass is 16.5. The van der Waals surface area contributed by atoms with Gasteiger partial charge in [0.2, 0.25) is 0 Å². The highest BCUT2D eigenvalue weighted by Crippen LogP contribution is 2.34. The molecule has 0 bridgehead atoms. The fourth-order valence-corrected chi connectivity index (χ4v) is 2.66. The van der Waals surface area contributed by atoms with Crippen molar-refractivity contribution < 1.29 is 19.4 Å². The monoisotopic (exact) mass is 323 g/mol. The number of Topliss-reactive ketones (excluding diaryl/α,β-unsaturated/α-hetero) is 2. The van der Waals surface area contributed by atoms with Gasteiger partial charge in [0.15, 0.2) is 17.1 Å². The quantitative estimate of drug-likeness (QED) is 0.403. The summed E-state index contributed by atoms with van der Waals surface area (Å²) in [5, 5.41) is 14.0. The van der Waals surface area contributed by atoms with E-state index in [1.807, 2.05) is 0 Å². The maximum Gasteiger partial charge on any atom is 0.192 e. The van der Waals surface area contributed by atoms with Crippen molar-refractivity contribution in [2.45, 2.75) is 11.6 Å². The molecule has 0 unspecified atom stereocenters. The summed E-state index contributed by atoms with van der Waals surface area (Å²) >= 11 is 0. The molecule has 120 valence electrons. The predicted octanol–water partition coefficient (Wildman–Crippen LogP) is 2.55. The molecule has 0 radical (unpaired) electrons. The lowest BCUT2D eigenvalue weighted by molar-refractivity contribution is 0.0311. The predicted molar refractivity (Wildman–Crippen MR) is 84.9 cm³/mol. The molecule has 2 atom stereocenters. The van der Waals surface area contributed by atoms with Gasteiger partial charge in [-0.15, -0.1) is 0 Å². The van der Waals surface area contributed by atoms with Crippen LogP contribution in [0.4, 0.5) is 0 Å². The number of aliphatic hydroxyl groups is 1. The number of aliphatic hydroxyl groups excluding tert-OH is 1. The molecule has 1 aliphatic rings. The van der Waals surface area contributed by atoms with Crippen LogP contribution in [0.15, 0.2) is 59.7 Å². The van der Waals surface area contributed by atoms with Gasteiger partial charge < -0.3 is 9.84 Å². The largest absolute Gasteiger partial charge is 0.492 e. The lowest BCUT2D eigenvalue weighted by Crippen LogP contribution is -2.57. The summed E-state index contributed by atoms with van der Waals surface area (Å²) in [4.78, 5) is 28.1. The first kappa shape index (κ1) is 15.7. The van der Waals surface area contributed by atoms with Crippen LogP contribution >= 0.6 is 0 Å². The summed E-state index contributed by atoms with van der Waals surface area (Å²) in [5.41, 5.74) is 7.22. The minimum Gasteiger partial charge on any atom is -0.492 e. The molecular formula is C17H13N3O4. The maximum atomic E-state index is 12.8. The maximum absolute atomic E-state index is 12.8. The Morgan fingerprint density at radius 3 is 2.58 bits per heavy atom. The Morgan fingerprint density at radius 1 is 1.21 bits per heavy atom. The third-order valence-electron chi connectivity index (χ3n) is 3.95. The van der Waals surface area contributed by atoms with E-state index in [0.717, 1.165) is 0 Å². The molecule has 7 nitrogen and oxygen atoms in total. The van der Waals surface area contributed by atoms with Crippen LogP contribution in [-0.2, 0) is 0 Å². The number of hydrogen-bond acceptors (Lipinski definition) is 5. The molecule has 0 saturated carbocycles. The number of para-hydroxylation sites is 1. The molecule has 7 heteroatoms. The molecule has 2 aromatic carbocycles. The Kier molecular flexibility index (Phi) is 4.04. The molecule has 3 rings (SSSR count). The number of ether oxygens (including phenoxy) is 1. The van der Waals surface area contributed by atoms with Crippen molar-refractivity contribution >= 4 is 11.6 Å². The number of carbonyl (C=O) groups is 2. The zero-order valence-electron chi connectivity index (χ0n) is 12.5. The van der Waals surface area contributed by atoms with E-state index in [0.29, 0.717) is 5.75 Å². The summed E-state index contributed by atoms with van der Waals surface area (Å²) < 4.78 is 5.47. The molecule has 0 spiro atoms. The highest BCUT2D eigenvalue weighted by molar-refractivity contribution is 6.12. The number of hydrogen-bond donors (Lipinski definition) is 1. The van der Waals surface area contributed by atoms with Gasteiger partial charge in [0.1, 0.15) is 18.5 Å². The smallest absolute Gasteiger partial charge is 0.192 e. The van der Waals surface area contributed by atoms with E-state index < -0.39 is 29.8 Å². The van der Waals surface area contributed by atoms with E-state index in [9.17, 15) is 14.7 Å². The molecule has 0 aromatic heterocycles. The van der Waals surface area contributed by atoms with Crippen molar-refractivity contribution in [3.05, 3.63) is 76.2 Å². The van der Waals surface area contributed by atoms with Crippen LogP contribution in [0.2, 0.25) is 0 Å². The second-order valence-corrected chi connectivity index (χ2v) is 5.36. The SMILES string of the molecule is [N-]=[N+]=N[C@]1([C@@H](O)C(=O)c2ccccc2)COc2ccccc2C1=O. The first-order valence-corrected chi connectivity index (χ1v) is 7.20. The Hall–Kier alpha value is -3.15. The van der Waals surface area contributed by atoms with Gasteiger partial charge in [-0.05, 0) is 17.7 Å². The van der Waals surface area contributed by atoms with Crippen LogP contribution in [0.25, 0.3) is 10.4 Å². The number of ketones is 2. The number of fused-ring (bicyclic) bond motifs is 1. The lowest BCUT2D eigenvalue weighted by Gasteiger charge is -2.35. The van der Waals surface area contributed by atoms with Crippen molar-refractivity contribution in [1.82, 2.24) is 0 Å². The summed E-state index contributed by atoms with van der Waals surface area (Å²) in [6, 6.07) is 14.4. The molecule has 0 aliphatic carbocycles. The minimum atomic E-state index is -2.03. The van der Waals surface area contributed by atoms with Crippen molar-refractivity contribution in [2.24, 2.45) is 5.11 Å². The molecule has 0 fully saturated rings. The average molecular weight is 323 g/mol. The molecule has 0 saturated heterocycles. The van der Waals surface area contributed by atoms with Crippen LogP contribution in [0.5, 0.6) is 5.75 Å². The second kappa shape index (κ2) is 6.16. The molecule has 1 N–H and O–H groups in total. The topological polar surface area (TPSA) is 112 Å². The lowest BCUT2D eigenvalue weighted by atomic mass is 9.80. The fourth-order valence-electron chi connectivity index (χ4n) is 2.66. The molecular weight excluding hydrogens is 310 g/mol. The van der Waals surface area contributed by atoms with E-state index >= 15 is 0 Å². The zero-order chi connectivity index (χ0) is 17.2. The van der Waals surface area contributed by atoms with Gasteiger partial charge in [0, 0.05) is 10.5 Å². The second-order valence-electron chi connectivity index (χ2n) is 5.36. The van der Waals surface area contributed by atoms with Gasteiger partial charge >= 0.3 is 0 Å². The van der Waals surface area contributed by atoms with Gasteiger partial charge in [-0.1, -0.05) is 47.6 Å². The van der Waals surface area contributed by atoms with E-state index in [2.05, 4.69) is 10.0 Å². The highest BCUT2D eigenvalue weighted by Gasteiger charge is 2.52. The Labute approximate surface area is 137 Å². The van der Waals surface area contributed by atoms with Gasteiger partial charge in [-0.3, -0.25) is 9.59 Å². The van der Waals surface area contributed by atoms with E-state index in [1.165, 1.54) is 18.2 Å². The minimum absolute atomic E-state index is 0.163. The van der Waals surface area contributed by atoms with Gasteiger partial charge in [-0.25, -0.2) is 0 Å². The Balaban J connectivity index is 2.06. The zero-order valence-corrected chi connectivity index (χ0v) is 12.5. The van der Waals surface area contributed by atoms with Crippen molar-refractivity contribution in [1.29, 1.82) is 0 Å². The normalized spacial score (nSPS) is 20.3. The van der Waals surface area contributed by atoms with Crippen molar-refractivity contribution in [2.75, 3.05) is 6.61 Å². The van der Waals surface area contributed by atoms with Gasteiger partial charge in [0.25, 0.3) is 0 Å². The number of nitrogens with zero attached hydrogens (tertiary/aromatic N) is 3. The third-order valence-corrected chi connectivity index (χ3v) is 3.95. The van der Waals surface area contributed by atoms with E-state index in [-0.39, 0.29) is 11.1 Å². The molecule has 1 heterocycles. The van der Waals surface area contributed by atoms with Gasteiger partial charge in [0.05, 0.1) is 5.56 Å². The Morgan fingerprint density at radius 2 is 1.88 bits per heavy atom. The van der Waals surface area contributed by atoms with Crippen LogP contribution in [-0.4, -0.2) is 34.9 Å². The van der Waals surface area contributed by atoms with Crippen LogP contribution < -0.4 is 4.74 Å². The number of rotatable bonds is 4. The summed E-state index contributed by atoms with van der Waals surface area (Å²) in [6.45, 7) is -0.410. The number of carbonyl (C=O) groups excluding carboxylic acids is 2. The van der Waals surface area contributed by atoms with Crippen LogP contribution in [0, 0.1) is 0 Å². The summed E-state index contributed by atoms with van der Waals surface area (Å²) in [5.74, 6) is -1.02. The first-order valence-electron chi connectivity index (χ1n) is 7.20. The molecule has 0 amide bonds. The molecule has 24 heavy (non-hydrogen) atoms. The van der Waals surface area contributed by atoms with E-state index in [4.69, 9.17) is 10.3 Å². The number of benzene rings is 2. The van der Waals surface area contributed by atoms with Crippen LogP contribution in [0.1, 0.15) is 20.7 Å². The average Bonchev–Trinajstić information content (AvgIpc) is 2.64. The van der Waals surface area contributed by atoms with E-state index in [1.54, 1.807) is 36.4 Å². The summed E-state index contributed by atoms with van der Waals surface area (Å²) in [6.07, 6.45) is -1.85. The first-order chi connectivity index (χ1) is 11.6. The third kappa shape index (κ3) is 2.42. The van der Waals surface area contributed by atoms with Crippen LogP contribution in [0.3, 0.4) is 0 Å². The van der Waals surface area contributed by atoms with Crippen molar-refractivity contribution in [3.8, 4) is 5.75 Å². The Bertz CT molecular complexity index is 846. The van der Waals surface area contributed by atoms with Gasteiger partial charge in [-0.2, -0.15) is 0 Å². The standard InChI is InChI=1S/C17H13N3O4/c18-20-19-17(16(23)14(21)11-6-2-1-3-7-11)10-24-13-9-5-4-8-12(13)15(17)22/h1-9,16,23H,10H2/t16-,17+/m0/s1. The van der Waals surface area contributed by atoms with Crippen molar-refractivity contribution in [3.63, 3.8) is 0 Å². The molecule has 1 aliphatic heterocycles. The number of azide groups is 1. The molecule has 2 aromatic rings. The fraction of sp³-hybridized carbons (Fsp3) is 0.176. The summed E-state index contributed by atoms with van der Waals surface area (Å²) in [7, 11) is 0.